The Morgan fingerprint density at radius 3 is 2.50 bits per heavy atom. The Kier molecular flexibility index (Phi) is 9.05. The van der Waals surface area contributed by atoms with E-state index >= 15 is 0 Å². The molecular weight excluding hydrogens is 459 g/mol. The second kappa shape index (κ2) is 12.4. The van der Waals surface area contributed by atoms with E-state index in [1.54, 1.807) is 54.6 Å². The van der Waals surface area contributed by atoms with Crippen LogP contribution in [0.2, 0.25) is 5.02 Å². The third kappa shape index (κ3) is 7.08. The van der Waals surface area contributed by atoms with Gasteiger partial charge in [0.05, 0.1) is 17.8 Å². The number of nitrogens with zero attached hydrogens (tertiary/aromatic N) is 1. The van der Waals surface area contributed by atoms with E-state index in [4.69, 9.17) is 25.8 Å². The van der Waals surface area contributed by atoms with Crippen LogP contribution in [0.25, 0.3) is 0 Å². The van der Waals surface area contributed by atoms with Crippen molar-refractivity contribution in [2.24, 2.45) is 5.10 Å². The van der Waals surface area contributed by atoms with Gasteiger partial charge in [-0.2, -0.15) is 5.10 Å². The zero-order chi connectivity index (χ0) is 24.3. The third-order valence-electron chi connectivity index (χ3n) is 4.51. The summed E-state index contributed by atoms with van der Waals surface area (Å²) in [5, 5.41) is 4.38. The minimum Gasteiger partial charge on any atom is -0.490 e. The number of amides is 1. The molecule has 0 unspecified atom stereocenters. The maximum absolute atomic E-state index is 13.0. The number of ether oxygens (including phenoxy) is 3. The molecular formula is C26H24ClFN2O4. The summed E-state index contributed by atoms with van der Waals surface area (Å²) in [5.41, 5.74) is 4.33. The first-order valence-corrected chi connectivity index (χ1v) is 10.9. The lowest BCUT2D eigenvalue weighted by Crippen LogP contribution is -2.17. The first kappa shape index (κ1) is 24.8. The van der Waals surface area contributed by atoms with Crippen LogP contribution in [0.1, 0.15) is 28.4 Å². The molecule has 0 fully saturated rings. The van der Waals surface area contributed by atoms with Gasteiger partial charge in [0.25, 0.3) is 5.91 Å². The maximum Gasteiger partial charge on any atom is 0.271 e. The van der Waals surface area contributed by atoms with Gasteiger partial charge in [-0.1, -0.05) is 36.4 Å². The fourth-order valence-corrected chi connectivity index (χ4v) is 3.12. The highest BCUT2D eigenvalue weighted by Crippen LogP contribution is 2.29. The summed E-state index contributed by atoms with van der Waals surface area (Å²) in [6.07, 6.45) is 3.10. The van der Waals surface area contributed by atoms with Gasteiger partial charge in [-0.3, -0.25) is 4.79 Å². The number of benzene rings is 3. The van der Waals surface area contributed by atoms with Crippen LogP contribution in [0, 0.1) is 5.82 Å². The number of carbonyl (C=O) groups excluding carboxylic acids is 1. The van der Waals surface area contributed by atoms with Gasteiger partial charge in [0.2, 0.25) is 0 Å². The van der Waals surface area contributed by atoms with Crippen molar-refractivity contribution in [2.75, 3.05) is 13.2 Å². The van der Waals surface area contributed by atoms with Crippen molar-refractivity contribution in [1.29, 1.82) is 0 Å². The minimum atomic E-state index is -0.405. The first-order valence-electron chi connectivity index (χ1n) is 10.5. The van der Waals surface area contributed by atoms with E-state index in [2.05, 4.69) is 17.1 Å². The molecule has 6 nitrogen and oxygen atoms in total. The van der Waals surface area contributed by atoms with E-state index in [1.165, 1.54) is 18.3 Å². The van der Waals surface area contributed by atoms with Gasteiger partial charge in [-0.05, 0) is 66.6 Å². The van der Waals surface area contributed by atoms with E-state index in [9.17, 15) is 9.18 Å². The predicted octanol–water partition coefficient (Wildman–Crippen LogP) is 5.79. The number of halogens is 2. The molecule has 0 aliphatic heterocycles. The summed E-state index contributed by atoms with van der Waals surface area (Å²) in [6.45, 7) is 6.47. The van der Waals surface area contributed by atoms with Crippen LogP contribution in [-0.4, -0.2) is 25.3 Å². The van der Waals surface area contributed by atoms with Crippen molar-refractivity contribution in [3.63, 3.8) is 0 Å². The van der Waals surface area contributed by atoms with Crippen LogP contribution in [0.3, 0.4) is 0 Å². The average Bonchev–Trinajstić information content (AvgIpc) is 2.84. The zero-order valence-corrected chi connectivity index (χ0v) is 19.3. The summed E-state index contributed by atoms with van der Waals surface area (Å²) < 4.78 is 29.8. The molecule has 0 saturated heterocycles. The van der Waals surface area contributed by atoms with Gasteiger partial charge >= 0.3 is 0 Å². The lowest BCUT2D eigenvalue weighted by atomic mass is 10.2. The molecule has 0 heterocycles. The maximum atomic E-state index is 13.0. The molecule has 1 amide bonds. The lowest BCUT2D eigenvalue weighted by Gasteiger charge is -2.12. The summed E-state index contributed by atoms with van der Waals surface area (Å²) in [7, 11) is 0. The SMILES string of the molecule is C=CCOc1ccc(C(=O)N/N=C/c2ccc(OCc3ccc(F)cc3)c(Cl)c2)cc1OCC. The number of nitrogens with one attached hydrogen (secondary N) is 1. The topological polar surface area (TPSA) is 69.2 Å². The molecule has 0 bridgehead atoms. The standard InChI is InChI=1S/C26H24ClFN2O4/c1-3-13-33-24-12-8-20(15-25(24)32-4-2)26(31)30-29-16-19-7-11-23(22(27)14-19)34-17-18-5-9-21(28)10-6-18/h3,5-12,14-16H,1,4,13,17H2,2H3,(H,30,31)/b29-16+. The average molecular weight is 483 g/mol. The molecule has 8 heteroatoms. The monoisotopic (exact) mass is 482 g/mol. The molecule has 0 aromatic heterocycles. The highest BCUT2D eigenvalue weighted by Gasteiger charge is 2.11. The first-order chi connectivity index (χ1) is 16.5. The number of hydrazone groups is 1. The van der Waals surface area contributed by atoms with E-state index in [0.717, 1.165) is 5.56 Å². The lowest BCUT2D eigenvalue weighted by molar-refractivity contribution is 0.0954. The van der Waals surface area contributed by atoms with E-state index < -0.39 is 5.91 Å². The molecule has 3 aromatic carbocycles. The Morgan fingerprint density at radius 2 is 1.79 bits per heavy atom. The van der Waals surface area contributed by atoms with Crippen LogP contribution in [0.15, 0.2) is 78.4 Å². The van der Waals surface area contributed by atoms with E-state index in [0.29, 0.717) is 46.6 Å². The number of carbonyl (C=O) groups is 1. The Bertz CT molecular complexity index is 1170. The van der Waals surface area contributed by atoms with Crippen LogP contribution < -0.4 is 19.6 Å². The van der Waals surface area contributed by atoms with Crippen molar-refractivity contribution >= 4 is 23.7 Å². The fraction of sp³-hybridized carbons (Fsp3) is 0.154. The second-order valence-electron chi connectivity index (χ2n) is 7.00. The molecule has 0 saturated carbocycles. The van der Waals surface area contributed by atoms with E-state index in [1.807, 2.05) is 6.92 Å². The number of hydrogen-bond donors (Lipinski definition) is 1. The fourth-order valence-electron chi connectivity index (χ4n) is 2.87. The molecule has 0 aliphatic rings. The normalized spacial score (nSPS) is 10.7. The molecule has 3 rings (SSSR count). The Hall–Kier alpha value is -3.84. The molecule has 0 radical (unpaired) electrons. The smallest absolute Gasteiger partial charge is 0.271 e. The predicted molar refractivity (Wildman–Crippen MR) is 131 cm³/mol. The van der Waals surface area contributed by atoms with Crippen molar-refractivity contribution in [3.05, 3.63) is 101 Å². The van der Waals surface area contributed by atoms with Gasteiger partial charge in [-0.25, -0.2) is 9.82 Å². The largest absolute Gasteiger partial charge is 0.490 e. The van der Waals surface area contributed by atoms with Gasteiger partial charge < -0.3 is 14.2 Å². The van der Waals surface area contributed by atoms with Crippen LogP contribution in [0.5, 0.6) is 17.2 Å². The highest BCUT2D eigenvalue weighted by atomic mass is 35.5. The van der Waals surface area contributed by atoms with Gasteiger partial charge in [0, 0.05) is 5.56 Å². The molecule has 0 atom stereocenters. The van der Waals surface area contributed by atoms with Crippen LogP contribution in [-0.2, 0) is 6.61 Å². The van der Waals surface area contributed by atoms with Crippen molar-refractivity contribution in [2.45, 2.75) is 13.5 Å². The van der Waals surface area contributed by atoms with Crippen molar-refractivity contribution in [1.82, 2.24) is 5.43 Å². The molecule has 1 N–H and O–H groups in total. The van der Waals surface area contributed by atoms with Crippen LogP contribution >= 0.6 is 11.6 Å². The van der Waals surface area contributed by atoms with Gasteiger partial charge in [0.1, 0.15) is 24.8 Å². The molecule has 0 aliphatic carbocycles. The third-order valence-corrected chi connectivity index (χ3v) is 4.80. The molecule has 3 aromatic rings. The van der Waals surface area contributed by atoms with Crippen molar-refractivity contribution in [3.8, 4) is 17.2 Å². The second-order valence-corrected chi connectivity index (χ2v) is 7.41. The zero-order valence-electron chi connectivity index (χ0n) is 18.6. The summed E-state index contributed by atoms with van der Waals surface area (Å²) >= 11 is 6.29. The number of hydrogen-bond acceptors (Lipinski definition) is 5. The Morgan fingerprint density at radius 1 is 1.03 bits per heavy atom. The van der Waals surface area contributed by atoms with Crippen molar-refractivity contribution < 1.29 is 23.4 Å². The number of rotatable bonds is 11. The van der Waals surface area contributed by atoms with Gasteiger partial charge in [0.15, 0.2) is 11.5 Å². The van der Waals surface area contributed by atoms with E-state index in [-0.39, 0.29) is 12.4 Å². The highest BCUT2D eigenvalue weighted by molar-refractivity contribution is 6.32. The Labute approximate surface area is 202 Å². The molecule has 176 valence electrons. The minimum absolute atomic E-state index is 0.255. The molecule has 34 heavy (non-hydrogen) atoms. The van der Waals surface area contributed by atoms with Crippen LogP contribution in [0.4, 0.5) is 4.39 Å². The summed E-state index contributed by atoms with van der Waals surface area (Å²) in [6, 6.07) is 16.0. The van der Waals surface area contributed by atoms with Gasteiger partial charge in [-0.15, -0.1) is 0 Å². The Balaban J connectivity index is 1.59. The summed E-state index contributed by atoms with van der Waals surface area (Å²) in [4.78, 5) is 12.5. The summed E-state index contributed by atoms with van der Waals surface area (Å²) in [5.74, 6) is 0.760. The molecule has 0 spiro atoms. The quantitative estimate of drug-likeness (QED) is 0.213.